The molecule has 4 nitrogen and oxygen atoms in total. The lowest BCUT2D eigenvalue weighted by molar-refractivity contribution is -0.161. The monoisotopic (exact) mass is 403 g/mol. The van der Waals surface area contributed by atoms with E-state index in [0.29, 0.717) is 6.42 Å². The van der Waals surface area contributed by atoms with Crippen molar-refractivity contribution in [2.24, 2.45) is 5.41 Å². The number of anilines is 1. The van der Waals surface area contributed by atoms with E-state index in [-0.39, 0.29) is 18.4 Å². The van der Waals surface area contributed by atoms with E-state index in [1.807, 2.05) is 54.6 Å². The Kier molecular flexibility index (Phi) is 6.03. The van der Waals surface area contributed by atoms with Crippen molar-refractivity contribution in [3.8, 4) is 0 Å². The minimum Gasteiger partial charge on any atom is -0.465 e. The molecule has 0 unspecified atom stereocenters. The molecule has 0 spiro atoms. The first kappa shape index (κ1) is 20.4. The van der Waals surface area contributed by atoms with Crippen molar-refractivity contribution in [2.75, 3.05) is 11.9 Å². The number of amides is 1. The second kappa shape index (κ2) is 8.86. The predicted octanol–water partition coefficient (Wildman–Crippen LogP) is 5.41. The number of carbonyl (C=O) groups is 2. The summed E-state index contributed by atoms with van der Waals surface area (Å²) in [6.45, 7) is 2.04. The van der Waals surface area contributed by atoms with Gasteiger partial charge >= 0.3 is 5.97 Å². The molecule has 0 fully saturated rings. The maximum atomic E-state index is 13.7. The van der Waals surface area contributed by atoms with Crippen LogP contribution in [0.4, 0.5) is 5.69 Å². The van der Waals surface area contributed by atoms with Gasteiger partial charge in [-0.3, -0.25) is 9.59 Å². The minimum absolute atomic E-state index is 0.246. The third-order valence-corrected chi connectivity index (χ3v) is 6.33. The average molecular weight is 404 g/mol. The van der Waals surface area contributed by atoms with Crippen molar-refractivity contribution in [3.63, 3.8) is 0 Å². The first-order valence-electron chi connectivity index (χ1n) is 11.0. The van der Waals surface area contributed by atoms with Crippen LogP contribution >= 0.6 is 0 Å². The Morgan fingerprint density at radius 1 is 1.07 bits per heavy atom. The number of nitrogens with one attached hydrogen (secondary N) is 1. The maximum Gasteiger partial charge on any atom is 0.322 e. The lowest BCUT2D eigenvalue weighted by atomic mass is 9.62. The fraction of sp³-hybridized carbons (Fsp3) is 0.385. The number of allylic oxidation sites excluding steroid dienone is 2. The first-order chi connectivity index (χ1) is 14.7. The van der Waals surface area contributed by atoms with Crippen molar-refractivity contribution < 1.29 is 14.3 Å². The highest BCUT2D eigenvalue weighted by molar-refractivity contribution is 6.12. The highest BCUT2D eigenvalue weighted by Crippen LogP contribution is 2.52. The molecule has 4 heteroatoms. The third-order valence-electron chi connectivity index (χ3n) is 6.33. The third kappa shape index (κ3) is 3.67. The molecule has 4 rings (SSSR count). The highest BCUT2D eigenvalue weighted by atomic mass is 16.5. The Morgan fingerprint density at radius 3 is 2.63 bits per heavy atom. The molecule has 30 heavy (non-hydrogen) atoms. The van der Waals surface area contributed by atoms with Crippen molar-refractivity contribution in [1.29, 1.82) is 0 Å². The number of esters is 1. The van der Waals surface area contributed by atoms with Gasteiger partial charge in [-0.25, -0.2) is 0 Å². The maximum absolute atomic E-state index is 13.7. The van der Waals surface area contributed by atoms with E-state index in [1.54, 1.807) is 6.92 Å². The van der Waals surface area contributed by atoms with Crippen LogP contribution in [-0.4, -0.2) is 18.5 Å². The Bertz CT molecular complexity index is 950. The molecule has 1 aliphatic carbocycles. The van der Waals surface area contributed by atoms with E-state index in [1.165, 1.54) is 12.0 Å². The van der Waals surface area contributed by atoms with E-state index in [2.05, 4.69) is 11.4 Å². The summed E-state index contributed by atoms with van der Waals surface area (Å²) in [5.74, 6) is -1.02. The Morgan fingerprint density at radius 2 is 1.83 bits per heavy atom. The van der Waals surface area contributed by atoms with Gasteiger partial charge in [-0.05, 0) is 56.2 Å². The summed E-state index contributed by atoms with van der Waals surface area (Å²) in [6, 6.07) is 17.7. The molecule has 1 aliphatic heterocycles. The lowest BCUT2D eigenvalue weighted by Crippen LogP contribution is -2.53. The highest BCUT2D eigenvalue weighted by Gasteiger charge is 2.57. The fourth-order valence-corrected chi connectivity index (χ4v) is 4.95. The number of hydrogen-bond acceptors (Lipinski definition) is 3. The molecule has 2 aromatic rings. The molecule has 0 saturated heterocycles. The molecule has 2 aliphatic rings. The van der Waals surface area contributed by atoms with Gasteiger partial charge in [-0.15, -0.1) is 0 Å². The summed E-state index contributed by atoms with van der Waals surface area (Å²) in [5.41, 5.74) is 2.64. The van der Waals surface area contributed by atoms with Gasteiger partial charge in [0.2, 0.25) is 5.91 Å². The minimum atomic E-state index is -1.32. The smallest absolute Gasteiger partial charge is 0.322 e. The van der Waals surface area contributed by atoms with Gasteiger partial charge in [0.15, 0.2) is 5.41 Å². The number of carbonyl (C=O) groups excluding carboxylic acids is 2. The van der Waals surface area contributed by atoms with Gasteiger partial charge in [0, 0.05) is 11.6 Å². The zero-order valence-corrected chi connectivity index (χ0v) is 17.5. The molecular weight excluding hydrogens is 374 g/mol. The van der Waals surface area contributed by atoms with E-state index < -0.39 is 11.4 Å². The Balaban J connectivity index is 1.92. The van der Waals surface area contributed by atoms with E-state index in [0.717, 1.165) is 42.5 Å². The second-order valence-corrected chi connectivity index (χ2v) is 8.21. The van der Waals surface area contributed by atoms with Crippen molar-refractivity contribution >= 4 is 17.6 Å². The van der Waals surface area contributed by atoms with Crippen molar-refractivity contribution in [1.82, 2.24) is 0 Å². The number of fused-ring (bicyclic) bond motifs is 1. The molecule has 2 aromatic carbocycles. The van der Waals surface area contributed by atoms with Gasteiger partial charge in [-0.2, -0.15) is 0 Å². The van der Waals surface area contributed by atoms with E-state index in [9.17, 15) is 9.59 Å². The van der Waals surface area contributed by atoms with Crippen LogP contribution in [0.15, 0.2) is 66.2 Å². The Labute approximate surface area is 178 Å². The van der Waals surface area contributed by atoms with E-state index in [4.69, 9.17) is 4.74 Å². The molecule has 0 radical (unpaired) electrons. The second-order valence-electron chi connectivity index (χ2n) is 8.21. The van der Waals surface area contributed by atoms with Crippen LogP contribution in [-0.2, 0) is 20.7 Å². The number of ether oxygens (including phenoxy) is 1. The summed E-state index contributed by atoms with van der Waals surface area (Å²) < 4.78 is 5.57. The molecule has 2 atom stereocenters. The van der Waals surface area contributed by atoms with Gasteiger partial charge in [-0.1, -0.05) is 66.6 Å². The van der Waals surface area contributed by atoms with Crippen LogP contribution in [0, 0.1) is 5.41 Å². The number of rotatable bonds is 5. The topological polar surface area (TPSA) is 55.4 Å². The Hall–Kier alpha value is -2.88. The van der Waals surface area contributed by atoms with Crippen LogP contribution < -0.4 is 5.32 Å². The largest absolute Gasteiger partial charge is 0.465 e. The van der Waals surface area contributed by atoms with Crippen LogP contribution in [0.1, 0.15) is 56.1 Å². The van der Waals surface area contributed by atoms with Gasteiger partial charge < -0.3 is 10.1 Å². The molecule has 1 amide bonds. The zero-order valence-electron chi connectivity index (χ0n) is 17.5. The molecule has 1 N–H and O–H groups in total. The fourth-order valence-electron chi connectivity index (χ4n) is 4.95. The summed E-state index contributed by atoms with van der Waals surface area (Å²) >= 11 is 0. The first-order valence-corrected chi connectivity index (χ1v) is 11.0. The van der Waals surface area contributed by atoms with Crippen molar-refractivity contribution in [2.45, 2.75) is 51.4 Å². The molecule has 0 aromatic heterocycles. The van der Waals surface area contributed by atoms with Gasteiger partial charge in [0.25, 0.3) is 0 Å². The molecule has 0 saturated carbocycles. The summed E-state index contributed by atoms with van der Waals surface area (Å²) in [5, 5.41) is 3.03. The normalized spacial score (nSPS) is 23.6. The lowest BCUT2D eigenvalue weighted by Gasteiger charge is -2.43. The number of benzene rings is 2. The van der Waals surface area contributed by atoms with Crippen LogP contribution in [0.2, 0.25) is 0 Å². The summed E-state index contributed by atoms with van der Waals surface area (Å²) in [4.78, 5) is 27.3. The summed E-state index contributed by atoms with van der Waals surface area (Å²) in [7, 11) is 0. The molecule has 0 bridgehead atoms. The summed E-state index contributed by atoms with van der Waals surface area (Å²) in [6.07, 6.45) is 7.88. The molecular formula is C26H29NO3. The van der Waals surface area contributed by atoms with Crippen LogP contribution in [0.3, 0.4) is 0 Å². The standard InChI is InChI=1S/C26H29NO3/c1-2-30-25(29)26(18-19-12-6-5-7-13-19)23(20-14-8-3-4-9-15-20)21-16-10-11-17-22(21)27-24(26)28/h5-7,10-14,16-17,23H,2-4,8-9,15,18H2,1H3,(H,27,28)/t23-,26+/m0/s1. The van der Waals surface area contributed by atoms with E-state index >= 15 is 0 Å². The zero-order chi connectivity index (χ0) is 21.0. The van der Waals surface area contributed by atoms with Crippen molar-refractivity contribution in [3.05, 3.63) is 77.4 Å². The molecule has 1 heterocycles. The van der Waals surface area contributed by atoms with Crippen LogP contribution in [0.25, 0.3) is 0 Å². The van der Waals surface area contributed by atoms with Crippen LogP contribution in [0.5, 0.6) is 0 Å². The quantitative estimate of drug-likeness (QED) is 0.413. The SMILES string of the molecule is CCOC(=O)[C@@]1(Cc2ccccc2)C(=O)Nc2ccccc2[C@@H]1C1=CCCCCC1. The van der Waals surface area contributed by atoms with Gasteiger partial charge in [0.1, 0.15) is 0 Å². The number of para-hydroxylation sites is 1. The molecule has 156 valence electrons. The average Bonchev–Trinajstić information content (AvgIpc) is 3.04. The number of hydrogen-bond donors (Lipinski definition) is 1. The predicted molar refractivity (Wildman–Crippen MR) is 118 cm³/mol. The van der Waals surface area contributed by atoms with Gasteiger partial charge in [0.05, 0.1) is 6.61 Å².